The fourth-order valence-electron chi connectivity index (χ4n) is 5.07. The Morgan fingerprint density at radius 3 is 2.67 bits per heavy atom. The van der Waals surface area contributed by atoms with Crippen molar-refractivity contribution in [2.24, 2.45) is 0 Å². The first-order chi connectivity index (χ1) is 17.2. The summed E-state index contributed by atoms with van der Waals surface area (Å²) < 4.78 is 3.57. The van der Waals surface area contributed by atoms with E-state index in [4.69, 9.17) is 0 Å². The molecule has 1 aromatic carbocycles. The molecule has 188 valence electrons. The first kappa shape index (κ1) is 24.2. The Balaban J connectivity index is 1.55. The number of hydrogen-bond donors (Lipinski definition) is 2. The van der Waals surface area contributed by atoms with Crippen LogP contribution < -0.4 is 10.9 Å². The van der Waals surface area contributed by atoms with Crippen molar-refractivity contribution in [3.8, 4) is 5.69 Å². The third-order valence-corrected chi connectivity index (χ3v) is 7.14. The monoisotopic (exact) mass is 486 g/mol. The van der Waals surface area contributed by atoms with Gasteiger partial charge in [-0.05, 0) is 89.5 Å². The topological polar surface area (TPSA) is 88.2 Å². The van der Waals surface area contributed by atoms with E-state index in [0.717, 1.165) is 29.7 Å². The maximum atomic E-state index is 13.2. The van der Waals surface area contributed by atoms with Crippen LogP contribution in [0.5, 0.6) is 0 Å². The molecule has 1 aliphatic rings. The fourth-order valence-corrected chi connectivity index (χ4v) is 5.07. The van der Waals surface area contributed by atoms with E-state index in [-0.39, 0.29) is 5.56 Å². The zero-order chi connectivity index (χ0) is 25.6. The number of aryl methyl sites for hydroxylation is 1. The highest BCUT2D eigenvalue weighted by atomic mass is 16.3. The Labute approximate surface area is 211 Å². The molecule has 0 bridgehead atoms. The number of nitrogens with zero attached hydrogens (tertiary/aromatic N) is 5. The van der Waals surface area contributed by atoms with E-state index >= 15 is 0 Å². The molecule has 3 heterocycles. The van der Waals surface area contributed by atoms with Crippen LogP contribution in [0.4, 0.5) is 11.5 Å². The van der Waals surface area contributed by atoms with Gasteiger partial charge in [-0.25, -0.2) is 14.3 Å². The molecule has 2 N–H and O–H groups in total. The SMILES string of the molecule is CCn1c(=O)c2cnc(Nc3ccc4c(c3)CC(N(C)C)CC4)cc2n1-c1ccnc(C(C)(C)O)c1. The third kappa shape index (κ3) is 4.42. The van der Waals surface area contributed by atoms with Crippen LogP contribution in [0.15, 0.2) is 53.6 Å². The van der Waals surface area contributed by atoms with E-state index < -0.39 is 5.60 Å². The van der Waals surface area contributed by atoms with Gasteiger partial charge in [0.25, 0.3) is 5.56 Å². The van der Waals surface area contributed by atoms with Crippen LogP contribution in [0.3, 0.4) is 0 Å². The molecule has 1 atom stereocenters. The summed E-state index contributed by atoms with van der Waals surface area (Å²) in [5.41, 5.74) is 4.62. The number of benzene rings is 1. The van der Waals surface area contributed by atoms with Gasteiger partial charge >= 0.3 is 0 Å². The van der Waals surface area contributed by atoms with Crippen molar-refractivity contribution >= 4 is 22.4 Å². The van der Waals surface area contributed by atoms with Crippen molar-refractivity contribution in [1.82, 2.24) is 24.2 Å². The molecule has 4 aromatic rings. The fraction of sp³-hybridized carbons (Fsp3) is 0.393. The number of aliphatic hydroxyl groups is 1. The largest absolute Gasteiger partial charge is 0.384 e. The molecule has 3 aromatic heterocycles. The molecule has 0 radical (unpaired) electrons. The lowest BCUT2D eigenvalue weighted by molar-refractivity contribution is 0.0738. The maximum Gasteiger partial charge on any atom is 0.276 e. The minimum atomic E-state index is -1.09. The van der Waals surface area contributed by atoms with E-state index in [1.54, 1.807) is 30.9 Å². The average Bonchev–Trinajstić information content (AvgIpc) is 3.14. The van der Waals surface area contributed by atoms with Gasteiger partial charge in [-0.1, -0.05) is 6.07 Å². The van der Waals surface area contributed by atoms with E-state index in [9.17, 15) is 9.90 Å². The predicted octanol–water partition coefficient (Wildman–Crippen LogP) is 3.99. The lowest BCUT2D eigenvalue weighted by atomic mass is 9.87. The van der Waals surface area contributed by atoms with Crippen LogP contribution >= 0.6 is 0 Å². The highest BCUT2D eigenvalue weighted by Crippen LogP contribution is 2.29. The van der Waals surface area contributed by atoms with Crippen molar-refractivity contribution in [1.29, 1.82) is 0 Å². The zero-order valence-electron chi connectivity index (χ0n) is 21.6. The second kappa shape index (κ2) is 9.19. The Morgan fingerprint density at radius 2 is 1.94 bits per heavy atom. The van der Waals surface area contributed by atoms with Gasteiger partial charge in [-0.3, -0.25) is 9.78 Å². The Kier molecular flexibility index (Phi) is 6.18. The minimum absolute atomic E-state index is 0.100. The highest BCUT2D eigenvalue weighted by molar-refractivity contribution is 5.82. The lowest BCUT2D eigenvalue weighted by Gasteiger charge is -2.30. The van der Waals surface area contributed by atoms with Crippen LogP contribution in [0, 0.1) is 0 Å². The summed E-state index contributed by atoms with van der Waals surface area (Å²) >= 11 is 0. The number of hydrogen-bond acceptors (Lipinski definition) is 6. The molecule has 0 amide bonds. The average molecular weight is 487 g/mol. The summed E-state index contributed by atoms with van der Waals surface area (Å²) in [6.07, 6.45) is 6.61. The smallest absolute Gasteiger partial charge is 0.276 e. The molecule has 1 unspecified atom stereocenters. The summed E-state index contributed by atoms with van der Waals surface area (Å²) in [5.74, 6) is 0.668. The molecule has 0 aliphatic heterocycles. The number of anilines is 2. The minimum Gasteiger partial charge on any atom is -0.384 e. The molecule has 0 fully saturated rings. The number of rotatable bonds is 6. The molecule has 8 nitrogen and oxygen atoms in total. The number of fused-ring (bicyclic) bond motifs is 2. The van der Waals surface area contributed by atoms with Crippen molar-refractivity contribution < 1.29 is 5.11 Å². The molecular weight excluding hydrogens is 452 g/mol. The molecule has 0 spiro atoms. The third-order valence-electron chi connectivity index (χ3n) is 7.14. The van der Waals surface area contributed by atoms with Crippen molar-refractivity contribution in [3.05, 3.63) is 76.0 Å². The van der Waals surface area contributed by atoms with Gasteiger partial charge in [0.05, 0.1) is 22.3 Å². The molecule has 1 aliphatic carbocycles. The predicted molar refractivity (Wildman–Crippen MR) is 143 cm³/mol. The number of pyridine rings is 2. The van der Waals surface area contributed by atoms with Crippen LogP contribution in [0.1, 0.15) is 44.0 Å². The molecule has 0 saturated carbocycles. The Morgan fingerprint density at radius 1 is 1.14 bits per heavy atom. The van der Waals surface area contributed by atoms with Crippen molar-refractivity contribution in [2.75, 3.05) is 19.4 Å². The number of likely N-dealkylation sites (N-methyl/N-ethyl adjacent to an activating group) is 1. The Bertz CT molecular complexity index is 1480. The van der Waals surface area contributed by atoms with Gasteiger partial charge in [0.2, 0.25) is 0 Å². The summed E-state index contributed by atoms with van der Waals surface area (Å²) in [6, 6.07) is 12.7. The summed E-state index contributed by atoms with van der Waals surface area (Å²) in [6.45, 7) is 5.83. The van der Waals surface area contributed by atoms with E-state index in [1.807, 2.05) is 29.8 Å². The number of nitrogens with one attached hydrogen (secondary N) is 1. The normalized spacial score (nSPS) is 15.9. The van der Waals surface area contributed by atoms with E-state index in [0.29, 0.717) is 29.5 Å². The second-order valence-electron chi connectivity index (χ2n) is 10.3. The van der Waals surface area contributed by atoms with Crippen LogP contribution in [0.2, 0.25) is 0 Å². The molecule has 0 saturated heterocycles. The van der Waals surface area contributed by atoms with Gasteiger partial charge in [0.15, 0.2) is 0 Å². The molecule has 5 rings (SSSR count). The maximum absolute atomic E-state index is 13.2. The van der Waals surface area contributed by atoms with Crippen LogP contribution in [0.25, 0.3) is 16.6 Å². The standard InChI is InChI=1S/C28H34N6O2/c1-6-33-27(35)23-17-30-26(16-24(23)34(33)22-11-12-29-25(15-22)28(2,3)36)31-20-9-7-18-8-10-21(32(4)5)14-19(18)13-20/h7,9,11-13,15-17,21,36H,6,8,10,14H2,1-5H3,(H,30,31). The van der Waals surface area contributed by atoms with Gasteiger partial charge in [0, 0.05) is 36.7 Å². The summed E-state index contributed by atoms with van der Waals surface area (Å²) in [5, 5.41) is 14.5. The Hall–Kier alpha value is -3.49. The quantitative estimate of drug-likeness (QED) is 0.429. The van der Waals surface area contributed by atoms with Crippen molar-refractivity contribution in [3.63, 3.8) is 0 Å². The number of aromatic nitrogens is 4. The molecule has 8 heteroatoms. The summed E-state index contributed by atoms with van der Waals surface area (Å²) in [7, 11) is 4.29. The van der Waals surface area contributed by atoms with Crippen LogP contribution in [-0.2, 0) is 25.0 Å². The van der Waals surface area contributed by atoms with Gasteiger partial charge in [-0.15, -0.1) is 0 Å². The summed E-state index contributed by atoms with van der Waals surface area (Å²) in [4.78, 5) is 24.4. The first-order valence-electron chi connectivity index (χ1n) is 12.5. The first-order valence-corrected chi connectivity index (χ1v) is 12.5. The van der Waals surface area contributed by atoms with Gasteiger partial charge in [-0.2, -0.15) is 0 Å². The van der Waals surface area contributed by atoms with Crippen LogP contribution in [-0.4, -0.2) is 49.5 Å². The lowest BCUT2D eigenvalue weighted by Crippen LogP contribution is -2.33. The van der Waals surface area contributed by atoms with Gasteiger partial charge in [0.1, 0.15) is 11.4 Å². The van der Waals surface area contributed by atoms with E-state index in [2.05, 4.69) is 52.5 Å². The second-order valence-corrected chi connectivity index (χ2v) is 10.3. The highest BCUT2D eigenvalue weighted by Gasteiger charge is 2.22. The van der Waals surface area contributed by atoms with Crippen molar-refractivity contribution in [2.45, 2.75) is 58.2 Å². The molecule has 36 heavy (non-hydrogen) atoms. The molecular formula is C28H34N6O2. The van der Waals surface area contributed by atoms with Gasteiger partial charge < -0.3 is 15.3 Å². The zero-order valence-corrected chi connectivity index (χ0v) is 21.6. The van der Waals surface area contributed by atoms with E-state index in [1.165, 1.54) is 17.5 Å².